The molecule has 0 aromatic carbocycles. The molecule has 0 fully saturated rings. The molecular weight excluding hydrogens is 218 g/mol. The molecule has 2 unspecified atom stereocenters. The third-order valence-corrected chi connectivity index (χ3v) is 2.60. The highest BCUT2D eigenvalue weighted by Gasteiger charge is 2.28. The number of likely N-dealkylation sites (N-methyl/N-ethyl adjacent to an activating group) is 1. The van der Waals surface area contributed by atoms with Crippen LogP contribution < -0.4 is 0 Å². The topological polar surface area (TPSA) is 46.6 Å². The molecule has 0 aliphatic rings. The molecule has 0 N–H and O–H groups in total. The number of amides is 1. The van der Waals surface area contributed by atoms with E-state index in [1.54, 1.807) is 7.05 Å². The fraction of sp³-hybridized carbons (Fsp3) is 0.846. The summed E-state index contributed by atoms with van der Waals surface area (Å²) in [4.78, 5) is 24.3. The molecule has 1 amide bonds. The molecule has 4 nitrogen and oxygen atoms in total. The summed E-state index contributed by atoms with van der Waals surface area (Å²) in [5, 5.41) is 0. The van der Waals surface area contributed by atoms with E-state index in [1.165, 1.54) is 4.90 Å². The molecule has 0 heterocycles. The van der Waals surface area contributed by atoms with Crippen molar-refractivity contribution in [1.82, 2.24) is 4.90 Å². The van der Waals surface area contributed by atoms with Crippen LogP contribution in [0.3, 0.4) is 0 Å². The Bertz CT molecular complexity index is 258. The average Bonchev–Trinajstić information content (AvgIpc) is 2.16. The van der Waals surface area contributed by atoms with Crippen LogP contribution in [-0.4, -0.2) is 36.0 Å². The maximum Gasteiger partial charge on any atom is 0.410 e. The number of aldehydes is 1. The van der Waals surface area contributed by atoms with E-state index < -0.39 is 17.7 Å². The van der Waals surface area contributed by atoms with Gasteiger partial charge in [0.1, 0.15) is 11.9 Å². The highest BCUT2D eigenvalue weighted by molar-refractivity contribution is 5.73. The molecule has 0 radical (unpaired) electrons. The van der Waals surface area contributed by atoms with E-state index in [9.17, 15) is 9.59 Å². The van der Waals surface area contributed by atoms with E-state index in [1.807, 2.05) is 27.7 Å². The lowest BCUT2D eigenvalue weighted by Gasteiger charge is -2.30. The lowest BCUT2D eigenvalue weighted by atomic mass is 9.97. The van der Waals surface area contributed by atoms with Crippen LogP contribution in [0.1, 0.15) is 47.5 Å². The molecule has 0 aliphatic carbocycles. The fourth-order valence-corrected chi connectivity index (χ4v) is 1.69. The van der Waals surface area contributed by atoms with Gasteiger partial charge in [0.25, 0.3) is 0 Å². The number of hydrogen-bond acceptors (Lipinski definition) is 3. The number of ether oxygens (including phenoxy) is 1. The summed E-state index contributed by atoms with van der Waals surface area (Å²) in [5.74, 6) is 0.148. The van der Waals surface area contributed by atoms with Crippen molar-refractivity contribution in [3.63, 3.8) is 0 Å². The van der Waals surface area contributed by atoms with Crippen molar-refractivity contribution in [3.05, 3.63) is 0 Å². The molecule has 100 valence electrons. The molecule has 0 rings (SSSR count). The lowest BCUT2D eigenvalue weighted by Crippen LogP contribution is -2.44. The smallest absolute Gasteiger partial charge is 0.410 e. The number of rotatable bonds is 5. The summed E-state index contributed by atoms with van der Waals surface area (Å²) >= 11 is 0. The first-order valence-electron chi connectivity index (χ1n) is 6.14. The summed E-state index contributed by atoms with van der Waals surface area (Å²) in [7, 11) is 1.61. The fourth-order valence-electron chi connectivity index (χ4n) is 1.69. The van der Waals surface area contributed by atoms with Gasteiger partial charge in [-0.05, 0) is 33.1 Å². The van der Waals surface area contributed by atoms with Crippen LogP contribution >= 0.6 is 0 Å². The van der Waals surface area contributed by atoms with Crippen LogP contribution in [0.5, 0.6) is 0 Å². The third-order valence-electron chi connectivity index (χ3n) is 2.60. The molecule has 17 heavy (non-hydrogen) atoms. The standard InChI is InChI=1S/C13H25NO3/c1-7-8-10(2)11(9-15)14(6)12(16)17-13(3,4)5/h9-11H,7-8H2,1-6H3. The second-order valence-corrected chi connectivity index (χ2v) is 5.48. The first-order chi connectivity index (χ1) is 7.72. The van der Waals surface area contributed by atoms with Crippen molar-refractivity contribution < 1.29 is 14.3 Å². The molecule has 2 atom stereocenters. The first-order valence-corrected chi connectivity index (χ1v) is 6.14. The van der Waals surface area contributed by atoms with Crippen molar-refractivity contribution in [2.75, 3.05) is 7.05 Å². The maximum absolute atomic E-state index is 11.8. The minimum atomic E-state index is -0.535. The second-order valence-electron chi connectivity index (χ2n) is 5.48. The maximum atomic E-state index is 11.8. The minimum Gasteiger partial charge on any atom is -0.444 e. The summed E-state index contributed by atoms with van der Waals surface area (Å²) in [5.41, 5.74) is -0.535. The Morgan fingerprint density at radius 3 is 2.29 bits per heavy atom. The van der Waals surface area contributed by atoms with Crippen molar-refractivity contribution >= 4 is 12.4 Å². The Hall–Kier alpha value is -1.06. The molecule has 0 spiro atoms. The summed E-state index contributed by atoms with van der Waals surface area (Å²) < 4.78 is 5.24. The van der Waals surface area contributed by atoms with Gasteiger partial charge in [-0.2, -0.15) is 0 Å². The Morgan fingerprint density at radius 2 is 1.94 bits per heavy atom. The Morgan fingerprint density at radius 1 is 1.41 bits per heavy atom. The van der Waals surface area contributed by atoms with Gasteiger partial charge < -0.3 is 14.4 Å². The Balaban J connectivity index is 4.58. The quantitative estimate of drug-likeness (QED) is 0.697. The highest BCUT2D eigenvalue weighted by Crippen LogP contribution is 2.17. The normalized spacial score (nSPS) is 14.9. The monoisotopic (exact) mass is 243 g/mol. The molecule has 0 bridgehead atoms. The zero-order chi connectivity index (χ0) is 13.6. The highest BCUT2D eigenvalue weighted by atomic mass is 16.6. The number of hydrogen-bond donors (Lipinski definition) is 0. The van der Waals surface area contributed by atoms with Crippen LogP contribution in [-0.2, 0) is 9.53 Å². The molecule has 0 saturated carbocycles. The number of nitrogens with zero attached hydrogens (tertiary/aromatic N) is 1. The van der Waals surface area contributed by atoms with Crippen LogP contribution in [0.2, 0.25) is 0 Å². The molecule has 0 saturated heterocycles. The molecule has 0 aliphatic heterocycles. The van der Waals surface area contributed by atoms with Gasteiger partial charge in [-0.3, -0.25) is 0 Å². The minimum absolute atomic E-state index is 0.148. The van der Waals surface area contributed by atoms with Crippen LogP contribution in [0.4, 0.5) is 4.79 Å². The average molecular weight is 243 g/mol. The van der Waals surface area contributed by atoms with Crippen LogP contribution in [0.15, 0.2) is 0 Å². The van der Waals surface area contributed by atoms with E-state index in [-0.39, 0.29) is 5.92 Å². The largest absolute Gasteiger partial charge is 0.444 e. The Labute approximate surface area is 104 Å². The third kappa shape index (κ3) is 5.71. The van der Waals surface area contributed by atoms with Crippen LogP contribution in [0, 0.1) is 5.92 Å². The van der Waals surface area contributed by atoms with Crippen molar-refractivity contribution in [1.29, 1.82) is 0 Å². The summed E-state index contributed by atoms with van der Waals surface area (Å²) in [6.45, 7) is 9.47. The first kappa shape index (κ1) is 15.9. The zero-order valence-electron chi connectivity index (χ0n) is 11.8. The lowest BCUT2D eigenvalue weighted by molar-refractivity contribution is -0.113. The molecule has 0 aromatic heterocycles. The second kappa shape index (κ2) is 6.62. The molecule has 4 heteroatoms. The van der Waals surface area contributed by atoms with E-state index >= 15 is 0 Å². The van der Waals surface area contributed by atoms with Crippen LogP contribution in [0.25, 0.3) is 0 Å². The van der Waals surface area contributed by atoms with Gasteiger partial charge in [0.15, 0.2) is 0 Å². The van der Waals surface area contributed by atoms with Crippen molar-refractivity contribution in [2.24, 2.45) is 5.92 Å². The molecular formula is C13H25NO3. The van der Waals surface area contributed by atoms with E-state index in [0.717, 1.165) is 19.1 Å². The van der Waals surface area contributed by atoms with Gasteiger partial charge in [0.2, 0.25) is 0 Å². The predicted octanol–water partition coefficient (Wildman–Crippen LogP) is 2.86. The van der Waals surface area contributed by atoms with Gasteiger partial charge in [-0.1, -0.05) is 20.3 Å². The van der Waals surface area contributed by atoms with E-state index in [0.29, 0.717) is 0 Å². The molecule has 0 aromatic rings. The Kier molecular flexibility index (Phi) is 6.21. The van der Waals surface area contributed by atoms with E-state index in [2.05, 4.69) is 6.92 Å². The predicted molar refractivity (Wildman–Crippen MR) is 67.9 cm³/mol. The number of carbonyl (C=O) groups is 2. The SMILES string of the molecule is CCCC(C)C(C=O)N(C)C(=O)OC(C)(C)C. The van der Waals surface area contributed by atoms with Gasteiger partial charge in [0, 0.05) is 7.05 Å². The van der Waals surface area contributed by atoms with Gasteiger partial charge in [-0.25, -0.2) is 4.79 Å². The summed E-state index contributed by atoms with van der Waals surface area (Å²) in [6, 6.07) is -0.412. The van der Waals surface area contributed by atoms with Gasteiger partial charge >= 0.3 is 6.09 Å². The zero-order valence-corrected chi connectivity index (χ0v) is 11.8. The van der Waals surface area contributed by atoms with Crippen molar-refractivity contribution in [3.8, 4) is 0 Å². The van der Waals surface area contributed by atoms with Crippen molar-refractivity contribution in [2.45, 2.75) is 59.1 Å². The van der Waals surface area contributed by atoms with E-state index in [4.69, 9.17) is 4.74 Å². The number of carbonyl (C=O) groups excluding carboxylic acids is 2. The van der Waals surface area contributed by atoms with Gasteiger partial charge in [-0.15, -0.1) is 0 Å². The summed E-state index contributed by atoms with van der Waals surface area (Å²) in [6.07, 6.45) is 2.28. The van der Waals surface area contributed by atoms with Gasteiger partial charge in [0.05, 0.1) is 6.04 Å².